The fourth-order valence-corrected chi connectivity index (χ4v) is 6.54. The lowest BCUT2D eigenvalue weighted by molar-refractivity contribution is -0.167. The molecule has 1 atom stereocenters. The Bertz CT molecular complexity index is 1340. The van der Waals surface area contributed by atoms with Crippen molar-refractivity contribution in [2.75, 3.05) is 13.2 Å². The van der Waals surface area contributed by atoms with Crippen molar-refractivity contribution in [1.29, 1.82) is 0 Å². The number of ether oxygens (including phenoxy) is 3. The first kappa shape index (κ1) is 60.1. The van der Waals surface area contributed by atoms with Gasteiger partial charge in [0.15, 0.2) is 6.10 Å². The van der Waals surface area contributed by atoms with Crippen LogP contribution < -0.4 is 0 Å². The van der Waals surface area contributed by atoms with E-state index in [4.69, 9.17) is 14.2 Å². The lowest BCUT2D eigenvalue weighted by Crippen LogP contribution is -2.30. The van der Waals surface area contributed by atoms with Crippen LogP contribution in [0.25, 0.3) is 0 Å². The molecule has 0 heterocycles. The van der Waals surface area contributed by atoms with Gasteiger partial charge in [0.25, 0.3) is 0 Å². The summed E-state index contributed by atoms with van der Waals surface area (Å²) in [5.74, 6) is -1.05. The fourth-order valence-electron chi connectivity index (χ4n) is 6.54. The average molecular weight is 887 g/mol. The molecular weight excluding hydrogens is 793 g/mol. The molecule has 0 bridgehead atoms. The second-order valence-electron chi connectivity index (χ2n) is 16.7. The summed E-state index contributed by atoms with van der Waals surface area (Å²) in [6.45, 7) is 6.44. The SMILES string of the molecule is CCCCC/C=C\C/C=C\C/C=C\C/C=C\CCCC(=O)OCC(COC(=O)CCCCCCC/C=C\CCCCC)OC(=O)CCC/C=C\C/C=C\C/C=C\C/C=C\CCCCC. The summed E-state index contributed by atoms with van der Waals surface area (Å²) in [6.07, 6.45) is 69.3. The van der Waals surface area contributed by atoms with Gasteiger partial charge in [-0.05, 0) is 122 Å². The smallest absolute Gasteiger partial charge is 0.306 e. The molecule has 0 radical (unpaired) electrons. The third kappa shape index (κ3) is 49.1. The van der Waals surface area contributed by atoms with Gasteiger partial charge in [-0.15, -0.1) is 0 Å². The minimum Gasteiger partial charge on any atom is -0.462 e. The number of hydrogen-bond donors (Lipinski definition) is 0. The van der Waals surface area contributed by atoms with Crippen molar-refractivity contribution in [3.63, 3.8) is 0 Å². The number of esters is 3. The molecule has 64 heavy (non-hydrogen) atoms. The second kappa shape index (κ2) is 51.7. The Morgan fingerprint density at radius 1 is 0.312 bits per heavy atom. The average Bonchev–Trinajstić information content (AvgIpc) is 3.29. The molecule has 0 rings (SSSR count). The minimum absolute atomic E-state index is 0.123. The van der Waals surface area contributed by atoms with E-state index in [1.54, 1.807) is 0 Å². The maximum absolute atomic E-state index is 12.8. The van der Waals surface area contributed by atoms with Crippen molar-refractivity contribution >= 4 is 17.9 Å². The molecule has 1 unspecified atom stereocenters. The molecule has 0 aromatic rings. The highest BCUT2D eigenvalue weighted by atomic mass is 16.6. The van der Waals surface area contributed by atoms with E-state index in [9.17, 15) is 14.4 Å². The van der Waals surface area contributed by atoms with Crippen LogP contribution in [0.4, 0.5) is 0 Å². The fraction of sp³-hybridized carbons (Fsp3) is 0.638. The van der Waals surface area contributed by atoms with Crippen LogP contribution in [-0.2, 0) is 28.6 Å². The third-order valence-corrected chi connectivity index (χ3v) is 10.5. The zero-order valence-corrected chi connectivity index (χ0v) is 41.3. The van der Waals surface area contributed by atoms with Gasteiger partial charge in [0, 0.05) is 19.3 Å². The zero-order valence-electron chi connectivity index (χ0n) is 41.3. The number of hydrogen-bond acceptors (Lipinski definition) is 6. The summed E-state index contributed by atoms with van der Waals surface area (Å²) < 4.78 is 16.7. The molecule has 0 aliphatic rings. The van der Waals surface area contributed by atoms with E-state index in [2.05, 4.69) is 130 Å². The number of unbranched alkanes of at least 4 members (excludes halogenated alkanes) is 16. The van der Waals surface area contributed by atoms with Gasteiger partial charge in [-0.1, -0.05) is 188 Å². The van der Waals surface area contributed by atoms with Gasteiger partial charge in [-0.2, -0.15) is 0 Å². The lowest BCUT2D eigenvalue weighted by Gasteiger charge is -2.18. The number of allylic oxidation sites excluding steroid dienone is 18. The minimum atomic E-state index is -0.833. The normalized spacial score (nSPS) is 13.0. The summed E-state index contributed by atoms with van der Waals surface area (Å²) >= 11 is 0. The van der Waals surface area contributed by atoms with Crippen LogP contribution in [0.5, 0.6) is 0 Å². The Labute approximate surface area is 393 Å². The lowest BCUT2D eigenvalue weighted by atomic mass is 10.1. The molecule has 6 nitrogen and oxygen atoms in total. The Kier molecular flexibility index (Phi) is 48.5. The molecule has 0 aliphatic heterocycles. The highest BCUT2D eigenvalue weighted by molar-refractivity contribution is 5.71. The van der Waals surface area contributed by atoms with Crippen molar-refractivity contribution in [3.05, 3.63) is 109 Å². The monoisotopic (exact) mass is 887 g/mol. The van der Waals surface area contributed by atoms with Crippen molar-refractivity contribution < 1.29 is 28.6 Å². The largest absolute Gasteiger partial charge is 0.462 e. The molecular formula is C58H94O6. The van der Waals surface area contributed by atoms with E-state index in [0.717, 1.165) is 83.5 Å². The molecule has 0 spiro atoms. The van der Waals surface area contributed by atoms with Crippen molar-refractivity contribution in [1.82, 2.24) is 0 Å². The number of carbonyl (C=O) groups is 3. The Morgan fingerprint density at radius 2 is 0.578 bits per heavy atom. The first-order chi connectivity index (χ1) is 31.5. The van der Waals surface area contributed by atoms with E-state index >= 15 is 0 Å². The molecule has 0 fully saturated rings. The van der Waals surface area contributed by atoms with E-state index in [1.165, 1.54) is 83.5 Å². The topological polar surface area (TPSA) is 78.9 Å². The summed E-state index contributed by atoms with van der Waals surface area (Å²) in [5.41, 5.74) is 0. The van der Waals surface area contributed by atoms with Gasteiger partial charge >= 0.3 is 17.9 Å². The number of rotatable bonds is 45. The molecule has 0 aliphatic carbocycles. The summed E-state index contributed by atoms with van der Waals surface area (Å²) in [5, 5.41) is 0. The van der Waals surface area contributed by atoms with E-state index < -0.39 is 6.10 Å². The molecule has 0 saturated carbocycles. The van der Waals surface area contributed by atoms with Crippen LogP contribution in [0.15, 0.2) is 109 Å². The second-order valence-corrected chi connectivity index (χ2v) is 16.7. The van der Waals surface area contributed by atoms with Crippen molar-refractivity contribution in [2.24, 2.45) is 0 Å². The zero-order chi connectivity index (χ0) is 46.5. The van der Waals surface area contributed by atoms with Gasteiger partial charge in [0.2, 0.25) is 0 Å². The van der Waals surface area contributed by atoms with Crippen LogP contribution in [0.3, 0.4) is 0 Å². The Balaban J connectivity index is 4.59. The van der Waals surface area contributed by atoms with E-state index in [-0.39, 0.29) is 44.0 Å². The van der Waals surface area contributed by atoms with Crippen LogP contribution in [-0.4, -0.2) is 37.2 Å². The maximum atomic E-state index is 12.8. The van der Waals surface area contributed by atoms with Crippen LogP contribution in [0, 0.1) is 0 Å². The highest BCUT2D eigenvalue weighted by Gasteiger charge is 2.19. The summed E-state index contributed by atoms with van der Waals surface area (Å²) in [6, 6.07) is 0. The summed E-state index contributed by atoms with van der Waals surface area (Å²) in [4.78, 5) is 37.9. The summed E-state index contributed by atoms with van der Waals surface area (Å²) in [7, 11) is 0. The Morgan fingerprint density at radius 3 is 0.953 bits per heavy atom. The maximum Gasteiger partial charge on any atom is 0.306 e. The molecule has 0 N–H and O–H groups in total. The van der Waals surface area contributed by atoms with E-state index in [1.807, 2.05) is 0 Å². The number of carbonyl (C=O) groups excluding carboxylic acids is 3. The van der Waals surface area contributed by atoms with Gasteiger partial charge in [-0.25, -0.2) is 0 Å². The predicted molar refractivity (Wildman–Crippen MR) is 274 cm³/mol. The van der Waals surface area contributed by atoms with Crippen LogP contribution in [0.2, 0.25) is 0 Å². The molecule has 0 aromatic heterocycles. The quantitative estimate of drug-likeness (QED) is 0.0262. The Hall–Kier alpha value is -3.93. The first-order valence-electron chi connectivity index (χ1n) is 25.9. The van der Waals surface area contributed by atoms with Crippen LogP contribution >= 0.6 is 0 Å². The standard InChI is InChI=1S/C58H94O6/c1-4-7-10-13-16-19-22-25-27-29-31-33-36-39-42-45-48-51-57(60)63-54-55(53-62-56(59)50-47-44-41-38-35-24-21-18-15-12-9-6-3)64-58(61)52-49-46-43-40-37-34-32-30-28-26-23-20-17-14-11-8-5-2/h16-21,25-28,31-34,39-40,42-43,55H,4-15,22-24,29-30,35-38,41,44-54H2,1-3H3/b19-16-,20-17-,21-18-,27-25-,28-26-,33-31-,34-32-,42-39-,43-40-. The van der Waals surface area contributed by atoms with Gasteiger partial charge < -0.3 is 14.2 Å². The third-order valence-electron chi connectivity index (χ3n) is 10.5. The van der Waals surface area contributed by atoms with Gasteiger partial charge in [0.05, 0.1) is 0 Å². The molecule has 0 amide bonds. The molecule has 0 aromatic carbocycles. The van der Waals surface area contributed by atoms with Crippen molar-refractivity contribution in [2.45, 2.75) is 226 Å². The highest BCUT2D eigenvalue weighted by Crippen LogP contribution is 2.11. The van der Waals surface area contributed by atoms with Crippen molar-refractivity contribution in [3.8, 4) is 0 Å². The molecule has 362 valence electrons. The van der Waals surface area contributed by atoms with Crippen LogP contribution in [0.1, 0.15) is 220 Å². The van der Waals surface area contributed by atoms with Gasteiger partial charge in [-0.3, -0.25) is 14.4 Å². The first-order valence-corrected chi connectivity index (χ1v) is 25.9. The molecule has 0 saturated heterocycles. The molecule has 6 heteroatoms. The van der Waals surface area contributed by atoms with E-state index in [0.29, 0.717) is 19.3 Å². The predicted octanol–water partition coefficient (Wildman–Crippen LogP) is 17.1. The van der Waals surface area contributed by atoms with Gasteiger partial charge in [0.1, 0.15) is 13.2 Å².